The van der Waals surface area contributed by atoms with Crippen molar-refractivity contribution in [3.05, 3.63) is 59.2 Å². The smallest absolute Gasteiger partial charge is 0.316 e. The van der Waals surface area contributed by atoms with E-state index in [-0.39, 0.29) is 18.3 Å². The lowest BCUT2D eigenvalue weighted by molar-refractivity contribution is -0.139. The summed E-state index contributed by atoms with van der Waals surface area (Å²) in [5.41, 5.74) is 4.11. The van der Waals surface area contributed by atoms with E-state index in [0.29, 0.717) is 12.3 Å². The second kappa shape index (κ2) is 6.48. The summed E-state index contributed by atoms with van der Waals surface area (Å²) in [4.78, 5) is 26.4. The molecule has 1 saturated heterocycles. The van der Waals surface area contributed by atoms with Gasteiger partial charge in [-0.1, -0.05) is 24.3 Å². The normalized spacial score (nSPS) is 17.2. The molecule has 3 rings (SSSR count). The largest absolute Gasteiger partial charge is 0.426 e. The van der Waals surface area contributed by atoms with Crippen LogP contribution in [0.3, 0.4) is 0 Å². The van der Waals surface area contributed by atoms with Gasteiger partial charge in [-0.25, -0.2) is 0 Å². The third-order valence-corrected chi connectivity index (χ3v) is 4.56. The first-order chi connectivity index (χ1) is 11.5. The SMILES string of the molecule is Cc1ccc(OC(=O)[C@@H]2CC(=O)N(c3ccccc3C)C2)cc1C. The number of aryl methyl sites for hydroxylation is 3. The Morgan fingerprint density at radius 2 is 1.79 bits per heavy atom. The molecule has 24 heavy (non-hydrogen) atoms. The Labute approximate surface area is 142 Å². The summed E-state index contributed by atoms with van der Waals surface area (Å²) < 4.78 is 5.48. The van der Waals surface area contributed by atoms with E-state index in [1.54, 1.807) is 11.0 Å². The van der Waals surface area contributed by atoms with E-state index in [9.17, 15) is 9.59 Å². The number of ether oxygens (including phenoxy) is 1. The van der Waals surface area contributed by atoms with Crippen LogP contribution in [0.5, 0.6) is 5.75 Å². The quantitative estimate of drug-likeness (QED) is 0.641. The molecule has 4 heteroatoms. The molecular weight excluding hydrogens is 302 g/mol. The number of benzene rings is 2. The van der Waals surface area contributed by atoms with Crippen molar-refractivity contribution in [2.45, 2.75) is 27.2 Å². The highest BCUT2D eigenvalue weighted by atomic mass is 16.5. The van der Waals surface area contributed by atoms with Crippen molar-refractivity contribution >= 4 is 17.6 Å². The van der Waals surface area contributed by atoms with Crippen molar-refractivity contribution in [3.63, 3.8) is 0 Å². The van der Waals surface area contributed by atoms with Gasteiger partial charge in [-0.2, -0.15) is 0 Å². The number of carbonyl (C=O) groups is 2. The van der Waals surface area contributed by atoms with Gasteiger partial charge in [0.05, 0.1) is 5.92 Å². The molecule has 1 aliphatic heterocycles. The van der Waals surface area contributed by atoms with E-state index in [4.69, 9.17) is 4.74 Å². The number of anilines is 1. The zero-order valence-corrected chi connectivity index (χ0v) is 14.2. The third-order valence-electron chi connectivity index (χ3n) is 4.56. The number of carbonyl (C=O) groups excluding carboxylic acids is 2. The molecule has 0 aromatic heterocycles. The number of rotatable bonds is 3. The van der Waals surface area contributed by atoms with Gasteiger partial charge in [-0.3, -0.25) is 9.59 Å². The predicted octanol–water partition coefficient (Wildman–Crippen LogP) is 3.57. The van der Waals surface area contributed by atoms with Crippen molar-refractivity contribution in [1.29, 1.82) is 0 Å². The minimum absolute atomic E-state index is 0.0358. The molecule has 1 fully saturated rings. The summed E-state index contributed by atoms with van der Waals surface area (Å²) in [7, 11) is 0. The first-order valence-electron chi connectivity index (χ1n) is 8.10. The molecule has 1 atom stereocenters. The number of amides is 1. The van der Waals surface area contributed by atoms with Crippen molar-refractivity contribution in [2.75, 3.05) is 11.4 Å². The molecule has 1 aliphatic rings. The Kier molecular flexibility index (Phi) is 4.38. The van der Waals surface area contributed by atoms with Gasteiger partial charge in [0.1, 0.15) is 5.75 Å². The molecule has 0 bridgehead atoms. The second-order valence-corrected chi connectivity index (χ2v) is 6.36. The van der Waals surface area contributed by atoms with Crippen LogP contribution in [-0.4, -0.2) is 18.4 Å². The van der Waals surface area contributed by atoms with E-state index in [0.717, 1.165) is 22.4 Å². The molecule has 0 aliphatic carbocycles. The Morgan fingerprint density at radius 3 is 2.50 bits per heavy atom. The van der Waals surface area contributed by atoms with E-state index in [2.05, 4.69) is 0 Å². The lowest BCUT2D eigenvalue weighted by Gasteiger charge is -2.18. The molecule has 0 spiro atoms. The fourth-order valence-electron chi connectivity index (χ4n) is 2.94. The van der Waals surface area contributed by atoms with Crippen LogP contribution in [0.1, 0.15) is 23.1 Å². The molecule has 4 nitrogen and oxygen atoms in total. The number of para-hydroxylation sites is 1. The van der Waals surface area contributed by atoms with Crippen LogP contribution < -0.4 is 9.64 Å². The van der Waals surface area contributed by atoms with Gasteiger partial charge in [-0.15, -0.1) is 0 Å². The average molecular weight is 323 g/mol. The van der Waals surface area contributed by atoms with Crippen LogP contribution in [0.4, 0.5) is 5.69 Å². The second-order valence-electron chi connectivity index (χ2n) is 6.36. The van der Waals surface area contributed by atoms with Gasteiger partial charge in [0.2, 0.25) is 5.91 Å². The van der Waals surface area contributed by atoms with Gasteiger partial charge in [0, 0.05) is 18.7 Å². The highest BCUT2D eigenvalue weighted by Crippen LogP contribution is 2.29. The summed E-state index contributed by atoms with van der Waals surface area (Å²) in [6.45, 7) is 6.32. The Hall–Kier alpha value is -2.62. The highest BCUT2D eigenvalue weighted by Gasteiger charge is 2.36. The Bertz CT molecular complexity index is 797. The zero-order chi connectivity index (χ0) is 17.3. The van der Waals surface area contributed by atoms with Gasteiger partial charge >= 0.3 is 5.97 Å². The van der Waals surface area contributed by atoms with Crippen LogP contribution >= 0.6 is 0 Å². The lowest BCUT2D eigenvalue weighted by Crippen LogP contribution is -2.27. The summed E-state index contributed by atoms with van der Waals surface area (Å²) >= 11 is 0. The van der Waals surface area contributed by atoms with Gasteiger partial charge < -0.3 is 9.64 Å². The van der Waals surface area contributed by atoms with E-state index in [1.807, 2.05) is 57.2 Å². The minimum atomic E-state index is -0.432. The van der Waals surface area contributed by atoms with Gasteiger partial charge in [0.25, 0.3) is 0 Å². The maximum absolute atomic E-state index is 12.4. The van der Waals surface area contributed by atoms with Crippen LogP contribution in [0.25, 0.3) is 0 Å². The molecule has 0 saturated carbocycles. The topological polar surface area (TPSA) is 46.6 Å². The predicted molar refractivity (Wildman–Crippen MR) is 93.2 cm³/mol. The van der Waals surface area contributed by atoms with Crippen molar-refractivity contribution in [1.82, 2.24) is 0 Å². The van der Waals surface area contributed by atoms with Crippen LogP contribution in [0.2, 0.25) is 0 Å². The number of nitrogens with zero attached hydrogens (tertiary/aromatic N) is 1. The van der Waals surface area contributed by atoms with Crippen LogP contribution in [-0.2, 0) is 9.59 Å². The third kappa shape index (κ3) is 3.18. The zero-order valence-electron chi connectivity index (χ0n) is 14.2. The molecule has 2 aromatic rings. The molecule has 1 heterocycles. The number of hydrogen-bond donors (Lipinski definition) is 0. The van der Waals surface area contributed by atoms with Crippen molar-refractivity contribution in [2.24, 2.45) is 5.92 Å². The fourth-order valence-corrected chi connectivity index (χ4v) is 2.94. The van der Waals surface area contributed by atoms with Gasteiger partial charge in [-0.05, 0) is 55.7 Å². The van der Waals surface area contributed by atoms with E-state index >= 15 is 0 Å². The highest BCUT2D eigenvalue weighted by molar-refractivity contribution is 6.00. The van der Waals surface area contributed by atoms with Crippen molar-refractivity contribution in [3.8, 4) is 5.75 Å². The minimum Gasteiger partial charge on any atom is -0.426 e. The van der Waals surface area contributed by atoms with Crippen LogP contribution in [0, 0.1) is 26.7 Å². The van der Waals surface area contributed by atoms with Crippen molar-refractivity contribution < 1.29 is 14.3 Å². The van der Waals surface area contributed by atoms with E-state index < -0.39 is 5.92 Å². The summed E-state index contributed by atoms with van der Waals surface area (Å²) in [6.07, 6.45) is 0.192. The van der Waals surface area contributed by atoms with Crippen LogP contribution in [0.15, 0.2) is 42.5 Å². The number of hydrogen-bond acceptors (Lipinski definition) is 3. The summed E-state index contributed by atoms with van der Waals surface area (Å²) in [5.74, 6) is -0.280. The summed E-state index contributed by atoms with van der Waals surface area (Å²) in [5, 5.41) is 0. The standard InChI is InChI=1S/C20H21NO3/c1-13-8-9-17(10-15(13)3)24-20(23)16-11-19(22)21(12-16)18-7-5-4-6-14(18)2/h4-10,16H,11-12H2,1-3H3/t16-/m1/s1. The van der Waals surface area contributed by atoms with Gasteiger partial charge in [0.15, 0.2) is 0 Å². The number of esters is 1. The Balaban J connectivity index is 1.72. The lowest BCUT2D eigenvalue weighted by atomic mass is 10.1. The molecule has 1 amide bonds. The maximum atomic E-state index is 12.4. The molecular formula is C20H21NO3. The molecule has 0 radical (unpaired) electrons. The first-order valence-corrected chi connectivity index (χ1v) is 8.10. The summed E-state index contributed by atoms with van der Waals surface area (Å²) in [6, 6.07) is 13.3. The average Bonchev–Trinajstić information content (AvgIpc) is 2.93. The molecule has 0 unspecified atom stereocenters. The first kappa shape index (κ1) is 16.2. The Morgan fingerprint density at radius 1 is 1.04 bits per heavy atom. The monoisotopic (exact) mass is 323 g/mol. The molecule has 2 aromatic carbocycles. The maximum Gasteiger partial charge on any atom is 0.316 e. The molecule has 124 valence electrons. The molecule has 0 N–H and O–H groups in total. The van der Waals surface area contributed by atoms with E-state index in [1.165, 1.54) is 0 Å². The fraction of sp³-hybridized carbons (Fsp3) is 0.300.